The summed E-state index contributed by atoms with van der Waals surface area (Å²) in [6.45, 7) is 3.89. The molecule has 0 aromatic heterocycles. The van der Waals surface area contributed by atoms with Crippen molar-refractivity contribution in [2.24, 2.45) is 0 Å². The van der Waals surface area contributed by atoms with Gasteiger partial charge in [0.15, 0.2) is 0 Å². The monoisotopic (exact) mass is 396 g/mol. The first-order chi connectivity index (χ1) is 13.9. The summed E-state index contributed by atoms with van der Waals surface area (Å²) < 4.78 is 0. The molecule has 2 aromatic carbocycles. The Labute approximate surface area is 167 Å². The number of benzene rings is 2. The Kier molecular flexibility index (Phi) is 7.60. The molecule has 0 bridgehead atoms. The van der Waals surface area contributed by atoms with Crippen LogP contribution >= 0.6 is 0 Å². The summed E-state index contributed by atoms with van der Waals surface area (Å²) in [4.78, 5) is 46.4. The summed E-state index contributed by atoms with van der Waals surface area (Å²) in [5.41, 5.74) is 0.815. The average Bonchev–Trinajstić information content (AvgIpc) is 2.72. The van der Waals surface area contributed by atoms with E-state index >= 15 is 0 Å². The van der Waals surface area contributed by atoms with E-state index in [0.717, 1.165) is 0 Å². The molecule has 0 saturated heterocycles. The second-order valence-electron chi connectivity index (χ2n) is 5.90. The number of carbonyl (C=O) groups excluding carboxylic acids is 3. The normalized spacial score (nSPS) is 9.93. The minimum atomic E-state index is -0.554. The standard InChI is InChI=1S/C20H20N4O5/c1-2-12-21-20(27)16-5-3-4-6-17(16)23-18(25)11-13-22-19(26)14-7-9-15(10-8-14)24(28)29/h2-10H,1,11-13H2,(H,21,27)(H,22,26)(H,23,25). The third-order valence-corrected chi connectivity index (χ3v) is 3.83. The Morgan fingerprint density at radius 2 is 1.69 bits per heavy atom. The molecule has 2 aromatic rings. The maximum absolute atomic E-state index is 12.2. The number of nitrogens with zero attached hydrogens (tertiary/aromatic N) is 1. The van der Waals surface area contributed by atoms with E-state index in [2.05, 4.69) is 22.5 Å². The van der Waals surface area contributed by atoms with Crippen LogP contribution in [0.5, 0.6) is 0 Å². The van der Waals surface area contributed by atoms with E-state index in [1.54, 1.807) is 30.3 Å². The SMILES string of the molecule is C=CCNC(=O)c1ccccc1NC(=O)CCNC(=O)c1ccc([N+](=O)[O-])cc1. The van der Waals surface area contributed by atoms with Crippen LogP contribution < -0.4 is 16.0 Å². The largest absolute Gasteiger partial charge is 0.352 e. The van der Waals surface area contributed by atoms with Gasteiger partial charge in [-0.25, -0.2) is 0 Å². The molecule has 0 heterocycles. The van der Waals surface area contributed by atoms with Crippen LogP contribution in [0.4, 0.5) is 11.4 Å². The smallest absolute Gasteiger partial charge is 0.269 e. The second-order valence-corrected chi connectivity index (χ2v) is 5.90. The molecule has 9 heteroatoms. The van der Waals surface area contributed by atoms with Crippen LogP contribution in [-0.2, 0) is 4.79 Å². The molecule has 29 heavy (non-hydrogen) atoms. The number of anilines is 1. The first-order valence-electron chi connectivity index (χ1n) is 8.73. The van der Waals surface area contributed by atoms with Crippen molar-refractivity contribution in [3.8, 4) is 0 Å². The molecule has 0 atom stereocenters. The molecule has 2 rings (SSSR count). The van der Waals surface area contributed by atoms with Gasteiger partial charge in [0.1, 0.15) is 0 Å². The highest BCUT2D eigenvalue weighted by molar-refractivity contribution is 6.04. The number of nitro groups is 1. The van der Waals surface area contributed by atoms with Crippen LogP contribution in [0, 0.1) is 10.1 Å². The van der Waals surface area contributed by atoms with Gasteiger partial charge in [-0.15, -0.1) is 6.58 Å². The number of nitro benzene ring substituents is 1. The summed E-state index contributed by atoms with van der Waals surface area (Å²) in [5, 5.41) is 18.5. The van der Waals surface area contributed by atoms with Crippen molar-refractivity contribution in [1.82, 2.24) is 10.6 Å². The molecule has 0 aliphatic heterocycles. The van der Waals surface area contributed by atoms with E-state index in [9.17, 15) is 24.5 Å². The number of hydrogen-bond donors (Lipinski definition) is 3. The zero-order valence-electron chi connectivity index (χ0n) is 15.5. The number of amides is 3. The number of nitrogens with one attached hydrogen (secondary N) is 3. The van der Waals surface area contributed by atoms with Crippen LogP contribution in [0.3, 0.4) is 0 Å². The van der Waals surface area contributed by atoms with E-state index in [1.165, 1.54) is 24.3 Å². The Balaban J connectivity index is 1.87. The summed E-state index contributed by atoms with van der Waals surface area (Å²) in [5.74, 6) is -1.16. The lowest BCUT2D eigenvalue weighted by molar-refractivity contribution is -0.384. The van der Waals surface area contributed by atoms with Crippen molar-refractivity contribution in [3.63, 3.8) is 0 Å². The lowest BCUT2D eigenvalue weighted by Gasteiger charge is -2.11. The lowest BCUT2D eigenvalue weighted by atomic mass is 10.1. The van der Waals surface area contributed by atoms with Gasteiger partial charge >= 0.3 is 0 Å². The van der Waals surface area contributed by atoms with E-state index in [-0.39, 0.29) is 36.0 Å². The van der Waals surface area contributed by atoms with Gasteiger partial charge in [-0.3, -0.25) is 24.5 Å². The number of rotatable bonds is 9. The van der Waals surface area contributed by atoms with Crippen molar-refractivity contribution < 1.29 is 19.3 Å². The van der Waals surface area contributed by atoms with E-state index in [0.29, 0.717) is 17.8 Å². The molecule has 3 N–H and O–H groups in total. The van der Waals surface area contributed by atoms with Crippen LogP contribution in [0.2, 0.25) is 0 Å². The molecule has 9 nitrogen and oxygen atoms in total. The summed E-state index contributed by atoms with van der Waals surface area (Å²) in [7, 11) is 0. The molecule has 0 saturated carbocycles. The lowest BCUT2D eigenvalue weighted by Crippen LogP contribution is -2.28. The third-order valence-electron chi connectivity index (χ3n) is 3.83. The number of carbonyl (C=O) groups is 3. The molecule has 0 aliphatic carbocycles. The maximum Gasteiger partial charge on any atom is 0.269 e. The van der Waals surface area contributed by atoms with Gasteiger partial charge in [0.05, 0.1) is 16.2 Å². The van der Waals surface area contributed by atoms with Gasteiger partial charge in [0.25, 0.3) is 17.5 Å². The zero-order chi connectivity index (χ0) is 21.2. The van der Waals surface area contributed by atoms with Gasteiger partial charge in [-0.1, -0.05) is 18.2 Å². The number of hydrogen-bond acceptors (Lipinski definition) is 5. The first kappa shape index (κ1) is 21.3. The predicted octanol–water partition coefficient (Wildman–Crippen LogP) is 2.27. The van der Waals surface area contributed by atoms with Crippen molar-refractivity contribution >= 4 is 29.1 Å². The molecule has 0 aliphatic rings. The van der Waals surface area contributed by atoms with Crippen molar-refractivity contribution in [2.45, 2.75) is 6.42 Å². The van der Waals surface area contributed by atoms with Crippen molar-refractivity contribution in [3.05, 3.63) is 82.4 Å². The Morgan fingerprint density at radius 1 is 1.00 bits per heavy atom. The molecule has 0 radical (unpaired) electrons. The Morgan fingerprint density at radius 3 is 2.34 bits per heavy atom. The maximum atomic E-state index is 12.2. The minimum absolute atomic E-state index is 0.0126. The summed E-state index contributed by atoms with van der Waals surface area (Å²) in [6.07, 6.45) is 1.54. The topological polar surface area (TPSA) is 130 Å². The van der Waals surface area contributed by atoms with E-state index < -0.39 is 10.8 Å². The van der Waals surface area contributed by atoms with Gasteiger partial charge in [-0.05, 0) is 24.3 Å². The first-order valence-corrected chi connectivity index (χ1v) is 8.73. The fraction of sp³-hybridized carbons (Fsp3) is 0.150. The fourth-order valence-electron chi connectivity index (χ4n) is 2.39. The molecular formula is C20H20N4O5. The van der Waals surface area contributed by atoms with E-state index in [4.69, 9.17) is 0 Å². The van der Waals surface area contributed by atoms with E-state index in [1.807, 2.05) is 0 Å². The highest BCUT2D eigenvalue weighted by Crippen LogP contribution is 2.15. The van der Waals surface area contributed by atoms with Gasteiger partial charge in [0, 0.05) is 37.2 Å². The van der Waals surface area contributed by atoms with Crippen LogP contribution in [-0.4, -0.2) is 35.7 Å². The van der Waals surface area contributed by atoms with Crippen LogP contribution in [0.1, 0.15) is 27.1 Å². The fourth-order valence-corrected chi connectivity index (χ4v) is 2.39. The molecule has 0 fully saturated rings. The highest BCUT2D eigenvalue weighted by atomic mass is 16.6. The van der Waals surface area contributed by atoms with Crippen LogP contribution in [0.15, 0.2) is 61.2 Å². The second kappa shape index (κ2) is 10.4. The molecular weight excluding hydrogens is 376 g/mol. The van der Waals surface area contributed by atoms with Gasteiger partial charge in [-0.2, -0.15) is 0 Å². The van der Waals surface area contributed by atoms with Gasteiger partial charge < -0.3 is 16.0 Å². The number of non-ortho nitro benzene ring substituents is 1. The Bertz CT molecular complexity index is 925. The minimum Gasteiger partial charge on any atom is -0.352 e. The third kappa shape index (κ3) is 6.28. The summed E-state index contributed by atoms with van der Waals surface area (Å²) in [6, 6.07) is 11.7. The van der Waals surface area contributed by atoms with Gasteiger partial charge in [0.2, 0.25) is 5.91 Å². The number of para-hydroxylation sites is 1. The average molecular weight is 396 g/mol. The highest BCUT2D eigenvalue weighted by Gasteiger charge is 2.13. The molecule has 3 amide bonds. The quantitative estimate of drug-likeness (QED) is 0.340. The predicted molar refractivity (Wildman–Crippen MR) is 108 cm³/mol. The molecule has 150 valence electrons. The Hall–Kier alpha value is -4.01. The van der Waals surface area contributed by atoms with Crippen molar-refractivity contribution in [2.75, 3.05) is 18.4 Å². The van der Waals surface area contributed by atoms with Crippen molar-refractivity contribution in [1.29, 1.82) is 0 Å². The van der Waals surface area contributed by atoms with Crippen LogP contribution in [0.25, 0.3) is 0 Å². The molecule has 0 unspecified atom stereocenters. The summed E-state index contributed by atoms with van der Waals surface area (Å²) >= 11 is 0. The zero-order valence-corrected chi connectivity index (χ0v) is 15.5. The molecule has 0 spiro atoms.